The number of nitrogens with one attached hydrogen (secondary N) is 1. The van der Waals surface area contributed by atoms with Crippen molar-refractivity contribution in [2.75, 3.05) is 18.0 Å². The van der Waals surface area contributed by atoms with Gasteiger partial charge >= 0.3 is 0 Å². The molecule has 1 unspecified atom stereocenters. The van der Waals surface area contributed by atoms with Crippen LogP contribution in [0, 0.1) is 5.92 Å². The second-order valence-corrected chi connectivity index (χ2v) is 4.45. The van der Waals surface area contributed by atoms with E-state index >= 15 is 0 Å². The Balaban J connectivity index is 1.97. The fraction of sp³-hybridized carbons (Fsp3) is 0.500. The Morgan fingerprint density at radius 1 is 1.50 bits per heavy atom. The number of H-pyrrole nitrogens is 1. The van der Waals surface area contributed by atoms with Gasteiger partial charge in [-0.25, -0.2) is 9.97 Å². The third-order valence-electron chi connectivity index (χ3n) is 3.50. The van der Waals surface area contributed by atoms with Crippen LogP contribution in [0.5, 0.6) is 0 Å². The topological polar surface area (TPSA) is 44.8 Å². The number of anilines is 1. The van der Waals surface area contributed by atoms with Gasteiger partial charge in [0.2, 0.25) is 0 Å². The van der Waals surface area contributed by atoms with Crippen LogP contribution in [0.15, 0.2) is 18.6 Å². The molecule has 3 rings (SSSR count). The molecule has 1 atom stereocenters. The van der Waals surface area contributed by atoms with Gasteiger partial charge in [-0.05, 0) is 18.4 Å². The van der Waals surface area contributed by atoms with Gasteiger partial charge in [-0.2, -0.15) is 0 Å². The number of rotatable bonds is 2. The van der Waals surface area contributed by atoms with Gasteiger partial charge < -0.3 is 9.88 Å². The average Bonchev–Trinajstić information content (AvgIpc) is 2.97. The standard InChI is InChI=1S/C12H16N4/c1-2-9-4-6-16(7-9)12-10-3-5-13-11(10)14-8-15-12/h3,5,8-9H,2,4,6-7H2,1H3,(H,13,14,15). The van der Waals surface area contributed by atoms with Crippen LogP contribution in [-0.2, 0) is 0 Å². The highest BCUT2D eigenvalue weighted by molar-refractivity contribution is 5.87. The molecule has 0 radical (unpaired) electrons. The summed E-state index contributed by atoms with van der Waals surface area (Å²) in [6.45, 7) is 4.52. The van der Waals surface area contributed by atoms with Gasteiger partial charge in [-0.1, -0.05) is 13.3 Å². The summed E-state index contributed by atoms with van der Waals surface area (Å²) in [7, 11) is 0. The molecule has 1 fully saturated rings. The van der Waals surface area contributed by atoms with Crippen molar-refractivity contribution < 1.29 is 0 Å². The minimum Gasteiger partial charge on any atom is -0.356 e. The molecule has 4 nitrogen and oxygen atoms in total. The van der Waals surface area contributed by atoms with Crippen molar-refractivity contribution in [1.29, 1.82) is 0 Å². The molecular formula is C12H16N4. The zero-order valence-electron chi connectivity index (χ0n) is 9.48. The van der Waals surface area contributed by atoms with Crippen molar-refractivity contribution in [3.8, 4) is 0 Å². The predicted octanol–water partition coefficient (Wildman–Crippen LogP) is 2.19. The van der Waals surface area contributed by atoms with Crippen molar-refractivity contribution in [3.63, 3.8) is 0 Å². The maximum Gasteiger partial charge on any atom is 0.142 e. The average molecular weight is 216 g/mol. The van der Waals surface area contributed by atoms with Gasteiger partial charge in [-0.3, -0.25) is 0 Å². The lowest BCUT2D eigenvalue weighted by molar-refractivity contribution is 0.569. The summed E-state index contributed by atoms with van der Waals surface area (Å²) in [6, 6.07) is 2.06. The second-order valence-electron chi connectivity index (χ2n) is 4.45. The Morgan fingerprint density at radius 2 is 2.44 bits per heavy atom. The Labute approximate surface area is 94.7 Å². The van der Waals surface area contributed by atoms with Crippen LogP contribution in [0.25, 0.3) is 11.0 Å². The van der Waals surface area contributed by atoms with Crippen LogP contribution >= 0.6 is 0 Å². The summed E-state index contributed by atoms with van der Waals surface area (Å²) in [5, 5.41) is 1.14. The number of aromatic nitrogens is 3. The summed E-state index contributed by atoms with van der Waals surface area (Å²) in [5.41, 5.74) is 0.935. The first-order chi connectivity index (χ1) is 7.88. The van der Waals surface area contributed by atoms with Crippen LogP contribution in [0.4, 0.5) is 5.82 Å². The largest absolute Gasteiger partial charge is 0.356 e. The highest BCUT2D eigenvalue weighted by Gasteiger charge is 2.23. The van der Waals surface area contributed by atoms with E-state index in [0.29, 0.717) is 0 Å². The Hall–Kier alpha value is -1.58. The molecule has 16 heavy (non-hydrogen) atoms. The minimum absolute atomic E-state index is 0.823. The second kappa shape index (κ2) is 3.77. The maximum atomic E-state index is 4.42. The van der Waals surface area contributed by atoms with E-state index in [1.165, 1.54) is 12.8 Å². The number of hydrogen-bond acceptors (Lipinski definition) is 3. The molecular weight excluding hydrogens is 200 g/mol. The summed E-state index contributed by atoms with van der Waals surface area (Å²) >= 11 is 0. The molecule has 0 amide bonds. The van der Waals surface area contributed by atoms with Crippen molar-refractivity contribution in [2.24, 2.45) is 5.92 Å². The Kier molecular flexibility index (Phi) is 2.27. The summed E-state index contributed by atoms with van der Waals surface area (Å²) in [4.78, 5) is 14.2. The van der Waals surface area contributed by atoms with Gasteiger partial charge in [0, 0.05) is 19.3 Å². The summed E-state index contributed by atoms with van der Waals surface area (Å²) in [6.07, 6.45) is 6.12. The molecule has 0 aliphatic carbocycles. The van der Waals surface area contributed by atoms with Crippen LogP contribution in [0.3, 0.4) is 0 Å². The van der Waals surface area contributed by atoms with Crippen molar-refractivity contribution >= 4 is 16.9 Å². The van der Waals surface area contributed by atoms with Gasteiger partial charge in [0.25, 0.3) is 0 Å². The van der Waals surface area contributed by atoms with E-state index < -0.39 is 0 Å². The van der Waals surface area contributed by atoms with E-state index in [2.05, 4.69) is 32.8 Å². The molecule has 1 aliphatic heterocycles. The molecule has 0 bridgehead atoms. The minimum atomic E-state index is 0.823. The highest BCUT2D eigenvalue weighted by atomic mass is 15.2. The molecule has 2 aromatic heterocycles. The van der Waals surface area contributed by atoms with E-state index in [4.69, 9.17) is 0 Å². The van der Waals surface area contributed by atoms with Gasteiger partial charge in [0.1, 0.15) is 17.8 Å². The molecule has 0 aromatic carbocycles. The maximum absolute atomic E-state index is 4.42. The van der Waals surface area contributed by atoms with Gasteiger partial charge in [0.15, 0.2) is 0 Å². The van der Waals surface area contributed by atoms with Crippen LogP contribution in [0.2, 0.25) is 0 Å². The number of aromatic amines is 1. The van der Waals surface area contributed by atoms with E-state index in [1.54, 1.807) is 6.33 Å². The van der Waals surface area contributed by atoms with E-state index in [1.807, 2.05) is 6.20 Å². The third-order valence-corrected chi connectivity index (χ3v) is 3.50. The molecule has 3 heterocycles. The Morgan fingerprint density at radius 3 is 3.25 bits per heavy atom. The quantitative estimate of drug-likeness (QED) is 0.837. The molecule has 1 saturated heterocycles. The monoisotopic (exact) mass is 216 g/mol. The number of fused-ring (bicyclic) bond motifs is 1. The van der Waals surface area contributed by atoms with Crippen molar-refractivity contribution in [3.05, 3.63) is 18.6 Å². The summed E-state index contributed by atoms with van der Waals surface area (Å²) < 4.78 is 0. The first-order valence-electron chi connectivity index (χ1n) is 5.91. The first-order valence-corrected chi connectivity index (χ1v) is 5.91. The molecule has 84 valence electrons. The molecule has 0 saturated carbocycles. The van der Waals surface area contributed by atoms with Gasteiger partial charge in [-0.15, -0.1) is 0 Å². The number of hydrogen-bond donors (Lipinski definition) is 1. The molecule has 1 aliphatic rings. The molecule has 4 heteroatoms. The normalized spacial score (nSPS) is 20.8. The Bertz CT molecular complexity index is 490. The summed E-state index contributed by atoms with van der Waals surface area (Å²) in [5.74, 6) is 1.91. The number of nitrogens with zero attached hydrogens (tertiary/aromatic N) is 3. The van der Waals surface area contributed by atoms with Crippen LogP contribution < -0.4 is 4.90 Å². The van der Waals surface area contributed by atoms with Crippen molar-refractivity contribution in [1.82, 2.24) is 15.0 Å². The van der Waals surface area contributed by atoms with Gasteiger partial charge in [0.05, 0.1) is 5.39 Å². The zero-order valence-corrected chi connectivity index (χ0v) is 9.48. The van der Waals surface area contributed by atoms with E-state index in [0.717, 1.165) is 35.9 Å². The fourth-order valence-electron chi connectivity index (χ4n) is 2.47. The smallest absolute Gasteiger partial charge is 0.142 e. The molecule has 1 N–H and O–H groups in total. The fourth-order valence-corrected chi connectivity index (χ4v) is 2.47. The molecule has 2 aromatic rings. The van der Waals surface area contributed by atoms with Crippen LogP contribution in [0.1, 0.15) is 19.8 Å². The highest BCUT2D eigenvalue weighted by Crippen LogP contribution is 2.28. The first kappa shape index (κ1) is 9.63. The zero-order chi connectivity index (χ0) is 11.0. The molecule has 0 spiro atoms. The van der Waals surface area contributed by atoms with E-state index in [-0.39, 0.29) is 0 Å². The lowest BCUT2D eigenvalue weighted by atomic mass is 10.1. The van der Waals surface area contributed by atoms with Crippen molar-refractivity contribution in [2.45, 2.75) is 19.8 Å². The lowest BCUT2D eigenvalue weighted by Gasteiger charge is -2.17. The predicted molar refractivity (Wildman–Crippen MR) is 64.5 cm³/mol. The third kappa shape index (κ3) is 1.45. The van der Waals surface area contributed by atoms with Crippen LogP contribution in [-0.4, -0.2) is 28.0 Å². The lowest BCUT2D eigenvalue weighted by Crippen LogP contribution is -2.20. The van der Waals surface area contributed by atoms with E-state index in [9.17, 15) is 0 Å². The SMILES string of the molecule is CCC1CCN(c2ncnc3[nH]ccc23)C1.